The van der Waals surface area contributed by atoms with Gasteiger partial charge in [0.2, 0.25) is 0 Å². The Morgan fingerprint density at radius 3 is 2.70 bits per heavy atom. The van der Waals surface area contributed by atoms with Crippen LogP contribution in [0.25, 0.3) is 0 Å². The number of ether oxygens (including phenoxy) is 3. The highest BCUT2D eigenvalue weighted by molar-refractivity contribution is 5.93. The molecule has 0 spiro atoms. The summed E-state index contributed by atoms with van der Waals surface area (Å²) in [4.78, 5) is 15.3. The Kier molecular flexibility index (Phi) is 8.48. The van der Waals surface area contributed by atoms with E-state index >= 15 is 0 Å². The first-order valence-corrected chi connectivity index (χ1v) is 6.38. The second-order valence-electron chi connectivity index (χ2n) is 4.02. The molecule has 7 nitrogen and oxygen atoms in total. The molecule has 3 N–H and O–H groups in total. The number of carbonyl (C=O) groups is 1. The number of nitrogen functional groups attached to an aromatic ring is 1. The van der Waals surface area contributed by atoms with Crippen LogP contribution in [0.4, 0.5) is 0 Å². The number of hydrogen-bond acceptors (Lipinski definition) is 6. The number of carbonyl (C=O) groups excluding carboxylic acids is 1. The third-order valence-electron chi connectivity index (χ3n) is 2.48. The van der Waals surface area contributed by atoms with Gasteiger partial charge in [0.05, 0.1) is 31.1 Å². The van der Waals surface area contributed by atoms with Crippen LogP contribution in [0.1, 0.15) is 22.5 Å². The van der Waals surface area contributed by atoms with Crippen LogP contribution in [0, 0.1) is 0 Å². The third-order valence-corrected chi connectivity index (χ3v) is 2.48. The maximum absolute atomic E-state index is 11.2. The van der Waals surface area contributed by atoms with E-state index < -0.39 is 0 Å². The van der Waals surface area contributed by atoms with Crippen LogP contribution < -0.4 is 11.3 Å². The zero-order chi connectivity index (χ0) is 14.6. The monoisotopic (exact) mass is 283 g/mol. The average Bonchev–Trinajstić information content (AvgIpc) is 2.50. The molecule has 7 heteroatoms. The zero-order valence-corrected chi connectivity index (χ0v) is 11.6. The molecule has 0 atom stereocenters. The summed E-state index contributed by atoms with van der Waals surface area (Å²) in [5.74, 6) is 4.66. The quantitative estimate of drug-likeness (QED) is 0.277. The molecule has 0 unspecified atom stereocenters. The highest BCUT2D eigenvalue weighted by Gasteiger charge is 2.03. The van der Waals surface area contributed by atoms with Gasteiger partial charge >= 0.3 is 0 Å². The van der Waals surface area contributed by atoms with Crippen molar-refractivity contribution in [3.63, 3.8) is 0 Å². The predicted molar refractivity (Wildman–Crippen MR) is 72.9 cm³/mol. The lowest BCUT2D eigenvalue weighted by Crippen LogP contribution is -2.30. The molecule has 0 radical (unpaired) electrons. The number of nitrogens with one attached hydrogen (secondary N) is 1. The molecule has 1 amide bonds. The van der Waals surface area contributed by atoms with Crippen molar-refractivity contribution in [2.75, 3.05) is 33.5 Å². The van der Waals surface area contributed by atoms with Gasteiger partial charge in [0, 0.05) is 26.5 Å². The Morgan fingerprint density at radius 1 is 1.25 bits per heavy atom. The largest absolute Gasteiger partial charge is 0.385 e. The van der Waals surface area contributed by atoms with Gasteiger partial charge in [0.25, 0.3) is 5.91 Å². The summed E-state index contributed by atoms with van der Waals surface area (Å²) < 4.78 is 15.7. The first-order chi connectivity index (χ1) is 9.77. The van der Waals surface area contributed by atoms with E-state index in [0.29, 0.717) is 38.6 Å². The number of hydrazine groups is 1. The van der Waals surface area contributed by atoms with Gasteiger partial charge in [-0.15, -0.1) is 0 Å². The van der Waals surface area contributed by atoms with Gasteiger partial charge in [-0.3, -0.25) is 15.2 Å². The van der Waals surface area contributed by atoms with E-state index in [1.807, 2.05) is 5.43 Å². The van der Waals surface area contributed by atoms with Crippen molar-refractivity contribution in [1.29, 1.82) is 0 Å². The minimum atomic E-state index is -0.366. The van der Waals surface area contributed by atoms with Crippen molar-refractivity contribution in [2.24, 2.45) is 5.84 Å². The van der Waals surface area contributed by atoms with E-state index in [1.54, 1.807) is 19.2 Å². The van der Waals surface area contributed by atoms with Gasteiger partial charge in [0.1, 0.15) is 0 Å². The van der Waals surface area contributed by atoms with Crippen LogP contribution in [0.5, 0.6) is 0 Å². The molecule has 0 aromatic carbocycles. The first kappa shape index (κ1) is 16.5. The summed E-state index contributed by atoms with van der Waals surface area (Å²) in [7, 11) is 1.67. The van der Waals surface area contributed by atoms with Crippen LogP contribution >= 0.6 is 0 Å². The molecule has 1 heterocycles. The van der Waals surface area contributed by atoms with Crippen LogP contribution in [0.3, 0.4) is 0 Å². The fourth-order valence-corrected chi connectivity index (χ4v) is 1.43. The Bertz CT molecular complexity index is 384. The van der Waals surface area contributed by atoms with E-state index in [2.05, 4.69) is 4.98 Å². The smallest absolute Gasteiger partial charge is 0.266 e. The van der Waals surface area contributed by atoms with Crippen molar-refractivity contribution < 1.29 is 19.0 Å². The van der Waals surface area contributed by atoms with Crippen molar-refractivity contribution in [3.8, 4) is 0 Å². The van der Waals surface area contributed by atoms with Crippen molar-refractivity contribution in [3.05, 3.63) is 29.6 Å². The highest BCUT2D eigenvalue weighted by atomic mass is 16.5. The van der Waals surface area contributed by atoms with Crippen LogP contribution in [-0.2, 0) is 20.8 Å². The molecule has 0 saturated heterocycles. The number of amides is 1. The number of nitrogens with zero attached hydrogens (tertiary/aromatic N) is 1. The van der Waals surface area contributed by atoms with Gasteiger partial charge in [-0.2, -0.15) is 0 Å². The van der Waals surface area contributed by atoms with Crippen molar-refractivity contribution in [2.45, 2.75) is 13.0 Å². The fraction of sp³-hybridized carbons (Fsp3) is 0.538. The first-order valence-electron chi connectivity index (χ1n) is 6.38. The molecule has 1 rings (SSSR count). The standard InChI is InChI=1S/C13H21N3O4/c1-18-5-2-6-19-7-8-20-10-12-4-3-11(9-15-12)13(17)16-14/h3-4,9H,2,5-8,10,14H2,1H3,(H,16,17). The average molecular weight is 283 g/mol. The van der Waals surface area contributed by atoms with E-state index in [0.717, 1.165) is 12.1 Å². The summed E-state index contributed by atoms with van der Waals surface area (Å²) >= 11 is 0. The van der Waals surface area contributed by atoms with Crippen LogP contribution in [-0.4, -0.2) is 44.4 Å². The fourth-order valence-electron chi connectivity index (χ4n) is 1.43. The topological polar surface area (TPSA) is 95.7 Å². The molecule has 1 aromatic rings. The maximum Gasteiger partial charge on any atom is 0.266 e. The third kappa shape index (κ3) is 6.58. The van der Waals surface area contributed by atoms with E-state index in [-0.39, 0.29) is 5.91 Å². The number of methoxy groups -OCH3 is 1. The Hall–Kier alpha value is -1.54. The second-order valence-corrected chi connectivity index (χ2v) is 4.02. The summed E-state index contributed by atoms with van der Waals surface area (Å²) in [5.41, 5.74) is 3.21. The Morgan fingerprint density at radius 2 is 2.05 bits per heavy atom. The Labute approximate surface area is 118 Å². The van der Waals surface area contributed by atoms with E-state index in [1.165, 1.54) is 6.20 Å². The van der Waals surface area contributed by atoms with E-state index in [4.69, 9.17) is 20.1 Å². The highest BCUT2D eigenvalue weighted by Crippen LogP contribution is 2.01. The molecule has 0 fully saturated rings. The minimum absolute atomic E-state index is 0.366. The summed E-state index contributed by atoms with van der Waals surface area (Å²) in [6, 6.07) is 3.37. The molecule has 1 aromatic heterocycles. The normalized spacial score (nSPS) is 10.5. The molecule has 112 valence electrons. The van der Waals surface area contributed by atoms with Crippen LogP contribution in [0.15, 0.2) is 18.3 Å². The second kappa shape index (κ2) is 10.3. The SMILES string of the molecule is COCCCOCCOCc1ccc(C(=O)NN)cn1. The molecule has 0 bridgehead atoms. The van der Waals surface area contributed by atoms with Gasteiger partial charge in [0.15, 0.2) is 0 Å². The van der Waals surface area contributed by atoms with Gasteiger partial charge in [-0.1, -0.05) is 0 Å². The van der Waals surface area contributed by atoms with Gasteiger partial charge < -0.3 is 14.2 Å². The Balaban J connectivity index is 2.11. The minimum Gasteiger partial charge on any atom is -0.385 e. The molecular weight excluding hydrogens is 262 g/mol. The molecule has 0 aliphatic rings. The lowest BCUT2D eigenvalue weighted by molar-refractivity contribution is 0.0327. The molecule has 0 aliphatic heterocycles. The lowest BCUT2D eigenvalue weighted by Gasteiger charge is -2.06. The number of rotatable bonds is 10. The summed E-state index contributed by atoms with van der Waals surface area (Å²) in [6.07, 6.45) is 2.34. The molecule has 0 aliphatic carbocycles. The van der Waals surface area contributed by atoms with Crippen LogP contribution in [0.2, 0.25) is 0 Å². The lowest BCUT2D eigenvalue weighted by atomic mass is 10.2. The molecular formula is C13H21N3O4. The maximum atomic E-state index is 11.2. The number of hydrogen-bond donors (Lipinski definition) is 2. The molecule has 20 heavy (non-hydrogen) atoms. The molecule has 0 saturated carbocycles. The number of aromatic nitrogens is 1. The summed E-state index contributed by atoms with van der Waals surface area (Å²) in [6.45, 7) is 2.79. The van der Waals surface area contributed by atoms with E-state index in [9.17, 15) is 4.79 Å². The van der Waals surface area contributed by atoms with Gasteiger partial charge in [-0.25, -0.2) is 5.84 Å². The zero-order valence-electron chi connectivity index (χ0n) is 11.6. The van der Waals surface area contributed by atoms with Crippen molar-refractivity contribution in [1.82, 2.24) is 10.4 Å². The van der Waals surface area contributed by atoms with Crippen molar-refractivity contribution >= 4 is 5.91 Å². The number of nitrogens with two attached hydrogens (primary N) is 1. The summed E-state index contributed by atoms with van der Waals surface area (Å²) in [5, 5.41) is 0. The van der Waals surface area contributed by atoms with Gasteiger partial charge in [-0.05, 0) is 18.6 Å². The predicted octanol–water partition coefficient (Wildman–Crippen LogP) is 0.255. The number of pyridine rings is 1.